The molecular formula is C24H25BrN4O3. The molecule has 5 rings (SSSR count). The van der Waals surface area contributed by atoms with Gasteiger partial charge in [-0.2, -0.15) is 5.10 Å². The summed E-state index contributed by atoms with van der Waals surface area (Å²) >= 11 is 3.48. The zero-order valence-electron chi connectivity index (χ0n) is 17.7. The summed E-state index contributed by atoms with van der Waals surface area (Å²) in [4.78, 5) is 29.7. The standard InChI is InChI=1S/C24H25BrN4O3/c25-21-4-2-1-3-19(21)23(30)27-8-5-17(6-9-27)18-7-10-29-22(15-18)20(16-26-29)24(31)28-11-13-32-14-12-28/h1-4,7,10,15-17H,5-6,8-9,11-14H2. The molecule has 2 saturated heterocycles. The van der Waals surface area contributed by atoms with E-state index in [4.69, 9.17) is 4.74 Å². The summed E-state index contributed by atoms with van der Waals surface area (Å²) in [6, 6.07) is 11.7. The van der Waals surface area contributed by atoms with Gasteiger partial charge in [-0.25, -0.2) is 4.52 Å². The average Bonchev–Trinajstić information content (AvgIpc) is 3.27. The van der Waals surface area contributed by atoms with Crippen molar-refractivity contribution < 1.29 is 14.3 Å². The number of piperidine rings is 1. The number of fused-ring (bicyclic) bond motifs is 1. The molecule has 0 saturated carbocycles. The van der Waals surface area contributed by atoms with Crippen molar-refractivity contribution >= 4 is 33.3 Å². The Kier molecular flexibility index (Phi) is 5.97. The first-order valence-corrected chi connectivity index (χ1v) is 11.8. The van der Waals surface area contributed by atoms with E-state index >= 15 is 0 Å². The van der Waals surface area contributed by atoms with E-state index in [1.165, 1.54) is 5.56 Å². The van der Waals surface area contributed by atoms with E-state index < -0.39 is 0 Å². The third-order valence-electron chi connectivity index (χ3n) is 6.43. The molecular weight excluding hydrogens is 472 g/mol. The molecule has 0 spiro atoms. The number of halogens is 1. The van der Waals surface area contributed by atoms with Crippen LogP contribution in [0.2, 0.25) is 0 Å². The van der Waals surface area contributed by atoms with Crippen molar-refractivity contribution in [2.45, 2.75) is 18.8 Å². The van der Waals surface area contributed by atoms with Gasteiger partial charge in [-0.05, 0) is 64.5 Å². The minimum atomic E-state index is 0.00861. The Morgan fingerprint density at radius 3 is 2.38 bits per heavy atom. The van der Waals surface area contributed by atoms with E-state index in [0.29, 0.717) is 43.3 Å². The van der Waals surface area contributed by atoms with Crippen molar-refractivity contribution in [3.05, 3.63) is 70.0 Å². The minimum Gasteiger partial charge on any atom is -0.378 e. The van der Waals surface area contributed by atoms with Gasteiger partial charge in [-0.15, -0.1) is 0 Å². The lowest BCUT2D eigenvalue weighted by Crippen LogP contribution is -2.40. The molecule has 0 bridgehead atoms. The Bertz CT molecular complexity index is 1150. The van der Waals surface area contributed by atoms with Gasteiger partial charge in [0.25, 0.3) is 11.8 Å². The molecule has 7 nitrogen and oxygen atoms in total. The number of benzene rings is 1. The van der Waals surface area contributed by atoms with Crippen molar-refractivity contribution in [2.75, 3.05) is 39.4 Å². The molecule has 2 aromatic heterocycles. The van der Waals surface area contributed by atoms with Crippen LogP contribution in [-0.2, 0) is 4.74 Å². The maximum atomic E-state index is 13.0. The summed E-state index contributed by atoms with van der Waals surface area (Å²) in [7, 11) is 0. The van der Waals surface area contributed by atoms with Crippen LogP contribution in [0.25, 0.3) is 5.52 Å². The quantitative estimate of drug-likeness (QED) is 0.555. The highest BCUT2D eigenvalue weighted by Crippen LogP contribution is 2.31. The normalized spacial score (nSPS) is 17.7. The van der Waals surface area contributed by atoms with Gasteiger partial charge in [0.1, 0.15) is 0 Å². The van der Waals surface area contributed by atoms with Gasteiger partial charge in [0.2, 0.25) is 0 Å². The van der Waals surface area contributed by atoms with Crippen LogP contribution in [0.15, 0.2) is 53.3 Å². The predicted molar refractivity (Wildman–Crippen MR) is 124 cm³/mol. The van der Waals surface area contributed by atoms with Crippen molar-refractivity contribution in [3.63, 3.8) is 0 Å². The fourth-order valence-corrected chi connectivity index (χ4v) is 5.03. The van der Waals surface area contributed by atoms with Crippen LogP contribution in [0.5, 0.6) is 0 Å². The van der Waals surface area contributed by atoms with E-state index in [-0.39, 0.29) is 11.8 Å². The van der Waals surface area contributed by atoms with Gasteiger partial charge >= 0.3 is 0 Å². The molecule has 2 amide bonds. The monoisotopic (exact) mass is 496 g/mol. The molecule has 166 valence electrons. The lowest BCUT2D eigenvalue weighted by molar-refractivity contribution is 0.0304. The third-order valence-corrected chi connectivity index (χ3v) is 7.12. The second-order valence-corrected chi connectivity index (χ2v) is 9.15. The Morgan fingerprint density at radius 2 is 1.62 bits per heavy atom. The number of hydrogen-bond acceptors (Lipinski definition) is 4. The Hall–Kier alpha value is -2.71. The van der Waals surface area contributed by atoms with Crippen molar-refractivity contribution in [1.29, 1.82) is 0 Å². The number of carbonyl (C=O) groups excluding carboxylic acids is 2. The van der Waals surface area contributed by atoms with E-state index in [2.05, 4.69) is 33.2 Å². The molecule has 4 heterocycles. The maximum absolute atomic E-state index is 13.0. The first-order chi connectivity index (χ1) is 15.6. The number of hydrogen-bond donors (Lipinski definition) is 0. The van der Waals surface area contributed by atoms with Crippen molar-refractivity contribution in [1.82, 2.24) is 19.4 Å². The van der Waals surface area contributed by atoms with Crippen LogP contribution >= 0.6 is 15.9 Å². The molecule has 2 aliphatic heterocycles. The van der Waals surface area contributed by atoms with E-state index in [1.807, 2.05) is 40.3 Å². The number of pyridine rings is 1. The van der Waals surface area contributed by atoms with E-state index in [0.717, 1.165) is 35.9 Å². The number of ether oxygens (including phenoxy) is 1. The average molecular weight is 497 g/mol. The number of carbonyl (C=O) groups is 2. The fourth-order valence-electron chi connectivity index (χ4n) is 4.57. The van der Waals surface area contributed by atoms with Gasteiger partial charge in [-0.1, -0.05) is 12.1 Å². The first kappa shape index (κ1) is 21.2. The number of likely N-dealkylation sites (tertiary alicyclic amines) is 1. The number of aromatic nitrogens is 2. The Balaban J connectivity index is 1.31. The predicted octanol–water partition coefficient (Wildman–Crippen LogP) is 3.59. The fraction of sp³-hybridized carbons (Fsp3) is 0.375. The number of amides is 2. The number of nitrogens with zero attached hydrogens (tertiary/aromatic N) is 4. The first-order valence-electron chi connectivity index (χ1n) is 11.0. The van der Waals surface area contributed by atoms with Crippen LogP contribution in [0.3, 0.4) is 0 Å². The van der Waals surface area contributed by atoms with Gasteiger partial charge in [-0.3, -0.25) is 9.59 Å². The van der Waals surface area contributed by atoms with Crippen molar-refractivity contribution in [2.24, 2.45) is 0 Å². The number of morpholine rings is 1. The van der Waals surface area contributed by atoms with Gasteiger partial charge in [0, 0.05) is 36.8 Å². The molecule has 0 N–H and O–H groups in total. The molecule has 0 atom stereocenters. The second-order valence-electron chi connectivity index (χ2n) is 8.30. The van der Waals surface area contributed by atoms with Crippen molar-refractivity contribution in [3.8, 4) is 0 Å². The molecule has 8 heteroatoms. The van der Waals surface area contributed by atoms with Gasteiger partial charge < -0.3 is 14.5 Å². The molecule has 0 radical (unpaired) electrons. The molecule has 32 heavy (non-hydrogen) atoms. The van der Waals surface area contributed by atoms with Crippen LogP contribution in [0, 0.1) is 0 Å². The summed E-state index contributed by atoms with van der Waals surface area (Å²) < 4.78 is 7.96. The summed E-state index contributed by atoms with van der Waals surface area (Å²) in [5.74, 6) is 0.430. The maximum Gasteiger partial charge on any atom is 0.257 e. The van der Waals surface area contributed by atoms with Crippen LogP contribution in [0.4, 0.5) is 0 Å². The molecule has 0 aliphatic carbocycles. The van der Waals surface area contributed by atoms with Crippen LogP contribution in [-0.4, -0.2) is 70.6 Å². The largest absolute Gasteiger partial charge is 0.378 e. The van der Waals surface area contributed by atoms with Crippen LogP contribution in [0.1, 0.15) is 45.0 Å². The zero-order valence-corrected chi connectivity index (χ0v) is 19.3. The van der Waals surface area contributed by atoms with Gasteiger partial charge in [0.15, 0.2) is 0 Å². The molecule has 2 aliphatic rings. The lowest BCUT2D eigenvalue weighted by Gasteiger charge is -2.32. The smallest absolute Gasteiger partial charge is 0.257 e. The highest BCUT2D eigenvalue weighted by Gasteiger charge is 2.27. The van der Waals surface area contributed by atoms with E-state index in [1.54, 1.807) is 10.7 Å². The highest BCUT2D eigenvalue weighted by atomic mass is 79.9. The SMILES string of the molecule is O=C(c1ccccc1Br)N1CCC(c2ccn3ncc(C(=O)N4CCOCC4)c3c2)CC1. The lowest BCUT2D eigenvalue weighted by atomic mass is 9.89. The summed E-state index contributed by atoms with van der Waals surface area (Å²) in [6.07, 6.45) is 5.38. The highest BCUT2D eigenvalue weighted by molar-refractivity contribution is 9.10. The van der Waals surface area contributed by atoms with Gasteiger partial charge in [0.05, 0.1) is 36.1 Å². The molecule has 3 aromatic rings. The molecule has 1 aromatic carbocycles. The molecule has 2 fully saturated rings. The number of rotatable bonds is 3. The zero-order chi connectivity index (χ0) is 22.1. The Morgan fingerprint density at radius 1 is 0.938 bits per heavy atom. The second kappa shape index (κ2) is 9.03. The minimum absolute atomic E-state index is 0.00861. The summed E-state index contributed by atoms with van der Waals surface area (Å²) in [5.41, 5.74) is 3.38. The third kappa shape index (κ3) is 4.04. The van der Waals surface area contributed by atoms with E-state index in [9.17, 15) is 9.59 Å². The van der Waals surface area contributed by atoms with Crippen LogP contribution < -0.4 is 0 Å². The molecule has 0 unspecified atom stereocenters. The Labute approximate surface area is 195 Å². The summed E-state index contributed by atoms with van der Waals surface area (Å²) in [6.45, 7) is 3.81. The topological polar surface area (TPSA) is 67.2 Å². The summed E-state index contributed by atoms with van der Waals surface area (Å²) in [5, 5.41) is 4.38.